The Morgan fingerprint density at radius 2 is 2.20 bits per heavy atom. The molecule has 0 amide bonds. The molecule has 0 spiro atoms. The first kappa shape index (κ1) is 11.4. The summed E-state index contributed by atoms with van der Waals surface area (Å²) in [4.78, 5) is 2.71. The summed E-state index contributed by atoms with van der Waals surface area (Å²) in [5.74, 6) is 0. The van der Waals surface area contributed by atoms with Gasteiger partial charge in [0.25, 0.3) is 0 Å². The Hall–Kier alpha value is -0.0800. The third kappa shape index (κ3) is 2.54. The standard InChI is InChI=1S/C13H26N2/c1-3-13(8-6-9-14-13)11-15-10-5-4-7-12(15)2/h12,14H,3-11H2,1-2H3. The highest BCUT2D eigenvalue weighted by Crippen LogP contribution is 2.27. The molecule has 0 aromatic heterocycles. The summed E-state index contributed by atoms with van der Waals surface area (Å²) in [6.45, 7) is 8.58. The molecule has 0 aromatic carbocycles. The molecule has 0 aromatic rings. The Morgan fingerprint density at radius 3 is 2.80 bits per heavy atom. The van der Waals surface area contributed by atoms with Gasteiger partial charge in [0.1, 0.15) is 0 Å². The molecule has 2 saturated heterocycles. The highest BCUT2D eigenvalue weighted by atomic mass is 15.2. The van der Waals surface area contributed by atoms with Gasteiger partial charge >= 0.3 is 0 Å². The monoisotopic (exact) mass is 210 g/mol. The lowest BCUT2D eigenvalue weighted by Gasteiger charge is -2.40. The molecule has 1 N–H and O–H groups in total. The summed E-state index contributed by atoms with van der Waals surface area (Å²) < 4.78 is 0. The van der Waals surface area contributed by atoms with Gasteiger partial charge in [0.05, 0.1) is 0 Å². The number of hydrogen-bond acceptors (Lipinski definition) is 2. The third-order valence-corrected chi connectivity index (χ3v) is 4.46. The lowest BCUT2D eigenvalue weighted by atomic mass is 9.91. The second kappa shape index (κ2) is 4.84. The van der Waals surface area contributed by atoms with Crippen LogP contribution < -0.4 is 5.32 Å². The van der Waals surface area contributed by atoms with Crippen molar-refractivity contribution in [1.82, 2.24) is 10.2 Å². The van der Waals surface area contributed by atoms with Crippen molar-refractivity contribution in [3.8, 4) is 0 Å². The summed E-state index contributed by atoms with van der Waals surface area (Å²) in [6, 6.07) is 0.810. The van der Waals surface area contributed by atoms with Crippen LogP contribution >= 0.6 is 0 Å². The highest BCUT2D eigenvalue weighted by Gasteiger charge is 2.34. The number of rotatable bonds is 3. The van der Waals surface area contributed by atoms with Gasteiger partial charge in [-0.25, -0.2) is 0 Å². The second-order valence-corrected chi connectivity index (χ2v) is 5.48. The normalized spacial score (nSPS) is 38.4. The zero-order valence-electron chi connectivity index (χ0n) is 10.4. The first-order valence-electron chi connectivity index (χ1n) is 6.75. The van der Waals surface area contributed by atoms with E-state index in [2.05, 4.69) is 24.1 Å². The van der Waals surface area contributed by atoms with E-state index in [1.165, 1.54) is 58.2 Å². The Labute approximate surface area is 94.4 Å². The van der Waals surface area contributed by atoms with Crippen LogP contribution in [0.4, 0.5) is 0 Å². The van der Waals surface area contributed by atoms with Crippen molar-refractivity contribution in [3.05, 3.63) is 0 Å². The van der Waals surface area contributed by atoms with Gasteiger partial charge in [-0.1, -0.05) is 13.3 Å². The molecule has 88 valence electrons. The Balaban J connectivity index is 1.93. The average molecular weight is 210 g/mol. The number of piperidine rings is 1. The van der Waals surface area contributed by atoms with Crippen molar-refractivity contribution in [2.75, 3.05) is 19.6 Å². The SMILES string of the molecule is CCC1(CN2CCCCC2C)CCCN1. The van der Waals surface area contributed by atoms with Gasteiger partial charge in [0.2, 0.25) is 0 Å². The predicted molar refractivity (Wildman–Crippen MR) is 65.1 cm³/mol. The van der Waals surface area contributed by atoms with Crippen LogP contribution in [0, 0.1) is 0 Å². The van der Waals surface area contributed by atoms with Crippen LogP contribution in [0.5, 0.6) is 0 Å². The van der Waals surface area contributed by atoms with Gasteiger partial charge in [-0.15, -0.1) is 0 Å². The molecule has 2 fully saturated rings. The number of hydrogen-bond donors (Lipinski definition) is 1. The maximum Gasteiger partial charge on any atom is 0.0306 e. The molecule has 2 atom stereocenters. The molecule has 2 aliphatic rings. The fraction of sp³-hybridized carbons (Fsp3) is 1.00. The lowest BCUT2D eigenvalue weighted by Crippen LogP contribution is -2.52. The van der Waals surface area contributed by atoms with Crippen molar-refractivity contribution in [2.45, 2.75) is 64.0 Å². The summed E-state index contributed by atoms with van der Waals surface area (Å²) >= 11 is 0. The first-order chi connectivity index (χ1) is 7.26. The van der Waals surface area contributed by atoms with E-state index in [1.807, 2.05) is 0 Å². The molecule has 2 unspecified atom stereocenters. The van der Waals surface area contributed by atoms with Crippen molar-refractivity contribution in [3.63, 3.8) is 0 Å². The lowest BCUT2D eigenvalue weighted by molar-refractivity contribution is 0.114. The minimum Gasteiger partial charge on any atom is -0.310 e. The largest absolute Gasteiger partial charge is 0.310 e. The number of nitrogens with zero attached hydrogens (tertiary/aromatic N) is 1. The third-order valence-electron chi connectivity index (χ3n) is 4.46. The maximum absolute atomic E-state index is 3.75. The molecule has 2 heteroatoms. The van der Waals surface area contributed by atoms with Gasteiger partial charge in [0.15, 0.2) is 0 Å². The predicted octanol–water partition coefficient (Wildman–Crippen LogP) is 2.39. The van der Waals surface area contributed by atoms with E-state index in [0.717, 1.165) is 6.04 Å². The molecule has 2 heterocycles. The van der Waals surface area contributed by atoms with Crippen molar-refractivity contribution in [1.29, 1.82) is 0 Å². The fourth-order valence-electron chi connectivity index (χ4n) is 3.20. The van der Waals surface area contributed by atoms with Crippen LogP contribution in [0.25, 0.3) is 0 Å². The first-order valence-corrected chi connectivity index (χ1v) is 6.75. The zero-order valence-corrected chi connectivity index (χ0v) is 10.4. The minimum absolute atomic E-state index is 0.450. The summed E-state index contributed by atoms with van der Waals surface area (Å²) in [7, 11) is 0. The summed E-state index contributed by atoms with van der Waals surface area (Å²) in [6.07, 6.45) is 8.28. The number of nitrogens with one attached hydrogen (secondary N) is 1. The van der Waals surface area contributed by atoms with E-state index >= 15 is 0 Å². The molecule has 2 nitrogen and oxygen atoms in total. The van der Waals surface area contributed by atoms with Gasteiger partial charge in [0, 0.05) is 18.1 Å². The molecule has 2 rings (SSSR count). The van der Waals surface area contributed by atoms with Gasteiger partial charge in [-0.05, 0) is 52.1 Å². The Morgan fingerprint density at radius 1 is 1.33 bits per heavy atom. The molecule has 0 bridgehead atoms. The van der Waals surface area contributed by atoms with Gasteiger partial charge in [-0.2, -0.15) is 0 Å². The summed E-state index contributed by atoms with van der Waals surface area (Å²) in [5, 5.41) is 3.75. The molecular formula is C13H26N2. The number of likely N-dealkylation sites (tertiary alicyclic amines) is 1. The Kier molecular flexibility index (Phi) is 3.68. The van der Waals surface area contributed by atoms with Crippen LogP contribution in [0.3, 0.4) is 0 Å². The van der Waals surface area contributed by atoms with Crippen molar-refractivity contribution < 1.29 is 0 Å². The molecule has 0 aliphatic carbocycles. The van der Waals surface area contributed by atoms with Crippen LogP contribution in [0.1, 0.15) is 52.4 Å². The Bertz CT molecular complexity index is 197. The highest BCUT2D eigenvalue weighted by molar-refractivity contribution is 4.95. The van der Waals surface area contributed by atoms with Gasteiger partial charge < -0.3 is 5.32 Å². The smallest absolute Gasteiger partial charge is 0.0306 e. The van der Waals surface area contributed by atoms with Crippen LogP contribution in [-0.2, 0) is 0 Å². The van der Waals surface area contributed by atoms with Gasteiger partial charge in [-0.3, -0.25) is 4.90 Å². The topological polar surface area (TPSA) is 15.3 Å². The van der Waals surface area contributed by atoms with Crippen LogP contribution in [0.2, 0.25) is 0 Å². The van der Waals surface area contributed by atoms with E-state index in [-0.39, 0.29) is 0 Å². The summed E-state index contributed by atoms with van der Waals surface area (Å²) in [5.41, 5.74) is 0.450. The van der Waals surface area contributed by atoms with Crippen LogP contribution in [0.15, 0.2) is 0 Å². The van der Waals surface area contributed by atoms with Crippen LogP contribution in [-0.4, -0.2) is 36.1 Å². The fourth-order valence-corrected chi connectivity index (χ4v) is 3.20. The molecule has 0 saturated carbocycles. The van der Waals surface area contributed by atoms with E-state index < -0.39 is 0 Å². The average Bonchev–Trinajstić information content (AvgIpc) is 2.71. The van der Waals surface area contributed by atoms with E-state index in [0.29, 0.717) is 5.54 Å². The van der Waals surface area contributed by atoms with E-state index in [4.69, 9.17) is 0 Å². The quantitative estimate of drug-likeness (QED) is 0.769. The van der Waals surface area contributed by atoms with E-state index in [9.17, 15) is 0 Å². The van der Waals surface area contributed by atoms with Crippen molar-refractivity contribution >= 4 is 0 Å². The molecule has 0 radical (unpaired) electrons. The molecule has 15 heavy (non-hydrogen) atoms. The van der Waals surface area contributed by atoms with E-state index in [1.54, 1.807) is 0 Å². The van der Waals surface area contributed by atoms with Crippen molar-refractivity contribution in [2.24, 2.45) is 0 Å². The zero-order chi connectivity index (χ0) is 10.7. The molecular weight excluding hydrogens is 184 g/mol. The molecule has 2 aliphatic heterocycles. The minimum atomic E-state index is 0.450. The second-order valence-electron chi connectivity index (χ2n) is 5.48. The maximum atomic E-state index is 3.75.